The topological polar surface area (TPSA) is 93.8 Å². The van der Waals surface area contributed by atoms with Gasteiger partial charge in [0.2, 0.25) is 17.6 Å². The molecule has 0 aliphatic carbocycles. The smallest absolute Gasteiger partial charge is 0.249 e. The van der Waals surface area contributed by atoms with E-state index in [4.69, 9.17) is 4.52 Å². The average Bonchev–Trinajstić information content (AvgIpc) is 3.20. The molecule has 0 spiro atoms. The van der Waals surface area contributed by atoms with Gasteiger partial charge in [-0.1, -0.05) is 25.1 Å². The lowest BCUT2D eigenvalue weighted by molar-refractivity contribution is -0.122. The van der Waals surface area contributed by atoms with Crippen molar-refractivity contribution in [2.45, 2.75) is 32.1 Å². The quantitative estimate of drug-likeness (QED) is 0.551. The minimum atomic E-state index is -0.328. The van der Waals surface area contributed by atoms with E-state index in [2.05, 4.69) is 25.4 Å². The second kappa shape index (κ2) is 9.98. The number of rotatable bonds is 9. The van der Waals surface area contributed by atoms with Crippen LogP contribution in [0.4, 0.5) is 0 Å². The molecule has 1 atom stereocenters. The summed E-state index contributed by atoms with van der Waals surface area (Å²) >= 11 is 1.69. The van der Waals surface area contributed by atoms with Crippen LogP contribution in [-0.2, 0) is 10.5 Å². The van der Waals surface area contributed by atoms with Gasteiger partial charge in [-0.15, -0.1) is 0 Å². The molecule has 0 aliphatic heterocycles. The monoisotopic (exact) mass is 397 g/mol. The Kier molecular flexibility index (Phi) is 7.13. The number of nitrogens with zero attached hydrogens (tertiary/aromatic N) is 4. The largest absolute Gasteiger partial charge is 0.344 e. The number of aromatic nitrogens is 4. The Morgan fingerprint density at radius 2 is 2.11 bits per heavy atom. The van der Waals surface area contributed by atoms with Crippen LogP contribution in [0.1, 0.15) is 37.9 Å². The molecular weight excluding hydrogens is 374 g/mol. The Labute approximate surface area is 168 Å². The second-order valence-electron chi connectivity index (χ2n) is 6.61. The summed E-state index contributed by atoms with van der Waals surface area (Å²) < 4.78 is 5.41. The highest BCUT2D eigenvalue weighted by atomic mass is 32.2. The molecule has 7 nitrogen and oxygen atoms in total. The lowest BCUT2D eigenvalue weighted by atomic mass is 10.0. The van der Waals surface area contributed by atoms with Gasteiger partial charge in [-0.3, -0.25) is 14.8 Å². The van der Waals surface area contributed by atoms with Crippen LogP contribution >= 0.6 is 11.8 Å². The maximum absolute atomic E-state index is 12.4. The number of pyridine rings is 2. The molecule has 0 bridgehead atoms. The lowest BCUT2D eigenvalue weighted by Crippen LogP contribution is -2.32. The van der Waals surface area contributed by atoms with Crippen LogP contribution in [0.25, 0.3) is 11.4 Å². The molecule has 0 saturated carbocycles. The zero-order valence-corrected chi connectivity index (χ0v) is 16.7. The van der Waals surface area contributed by atoms with E-state index in [9.17, 15) is 4.79 Å². The van der Waals surface area contributed by atoms with Gasteiger partial charge in [0.15, 0.2) is 0 Å². The van der Waals surface area contributed by atoms with E-state index in [1.807, 2.05) is 44.2 Å². The van der Waals surface area contributed by atoms with Crippen LogP contribution in [-0.4, -0.2) is 31.8 Å². The molecule has 0 aliphatic rings. The Hall–Kier alpha value is -2.74. The summed E-state index contributed by atoms with van der Waals surface area (Å²) in [6, 6.07) is 9.19. The first-order valence-electron chi connectivity index (χ1n) is 9.14. The molecule has 0 aromatic carbocycles. The fraction of sp³-hybridized carbons (Fsp3) is 0.350. The van der Waals surface area contributed by atoms with Crippen molar-refractivity contribution in [1.82, 2.24) is 25.4 Å². The first-order valence-corrected chi connectivity index (χ1v) is 10.3. The first-order chi connectivity index (χ1) is 13.6. The number of hydrogen-bond donors (Lipinski definition) is 1. The van der Waals surface area contributed by atoms with E-state index < -0.39 is 0 Å². The molecule has 1 unspecified atom stereocenters. The van der Waals surface area contributed by atoms with Gasteiger partial charge >= 0.3 is 0 Å². The normalized spacial score (nSPS) is 12.1. The van der Waals surface area contributed by atoms with Crippen LogP contribution in [0.5, 0.6) is 0 Å². The van der Waals surface area contributed by atoms with Crippen LogP contribution in [0.2, 0.25) is 0 Å². The van der Waals surface area contributed by atoms with Crippen molar-refractivity contribution in [2.75, 3.05) is 5.75 Å². The van der Waals surface area contributed by atoms with Crippen LogP contribution in [0.15, 0.2) is 53.4 Å². The summed E-state index contributed by atoms with van der Waals surface area (Å²) in [5, 5.41) is 7.03. The van der Waals surface area contributed by atoms with Crippen molar-refractivity contribution in [3.63, 3.8) is 0 Å². The van der Waals surface area contributed by atoms with Crippen molar-refractivity contribution in [2.24, 2.45) is 5.92 Å². The SMILES string of the molecule is CC(C)C(NC(=O)CCSCc1ccccn1)c1nc(-c2cccnc2)no1. The zero-order chi connectivity index (χ0) is 19.8. The number of carbonyl (C=O) groups excluding carboxylic acids is 1. The molecule has 3 aromatic rings. The molecule has 0 fully saturated rings. The second-order valence-corrected chi connectivity index (χ2v) is 7.72. The summed E-state index contributed by atoms with van der Waals surface area (Å²) in [6.07, 6.45) is 5.56. The van der Waals surface area contributed by atoms with Gasteiger partial charge in [0, 0.05) is 42.1 Å². The minimum absolute atomic E-state index is 0.0339. The van der Waals surface area contributed by atoms with E-state index in [-0.39, 0.29) is 17.9 Å². The van der Waals surface area contributed by atoms with Gasteiger partial charge < -0.3 is 9.84 Å². The molecule has 3 aromatic heterocycles. The Bertz CT molecular complexity index is 871. The van der Waals surface area contributed by atoms with Crippen LogP contribution < -0.4 is 5.32 Å². The van der Waals surface area contributed by atoms with Gasteiger partial charge in [-0.05, 0) is 30.2 Å². The number of thioether (sulfide) groups is 1. The van der Waals surface area contributed by atoms with Gasteiger partial charge in [0.25, 0.3) is 0 Å². The predicted octanol–water partition coefficient (Wildman–Crippen LogP) is 3.66. The van der Waals surface area contributed by atoms with E-state index in [0.29, 0.717) is 18.1 Å². The molecule has 3 rings (SSSR count). The summed E-state index contributed by atoms with van der Waals surface area (Å²) in [7, 11) is 0. The first kappa shape index (κ1) is 20.0. The fourth-order valence-electron chi connectivity index (χ4n) is 2.56. The number of hydrogen-bond acceptors (Lipinski definition) is 7. The molecule has 1 amide bonds. The number of nitrogens with one attached hydrogen (secondary N) is 1. The van der Waals surface area contributed by atoms with Gasteiger partial charge in [0.05, 0.1) is 5.69 Å². The molecule has 3 heterocycles. The van der Waals surface area contributed by atoms with Crippen molar-refractivity contribution in [3.8, 4) is 11.4 Å². The Morgan fingerprint density at radius 3 is 2.82 bits per heavy atom. The van der Waals surface area contributed by atoms with E-state index in [0.717, 1.165) is 22.8 Å². The number of amides is 1. The molecule has 1 N–H and O–H groups in total. The number of carbonyl (C=O) groups is 1. The maximum atomic E-state index is 12.4. The fourth-order valence-corrected chi connectivity index (χ4v) is 3.41. The molecule has 8 heteroatoms. The minimum Gasteiger partial charge on any atom is -0.344 e. The summed E-state index contributed by atoms with van der Waals surface area (Å²) in [4.78, 5) is 25.2. The third-order valence-electron chi connectivity index (χ3n) is 4.06. The lowest BCUT2D eigenvalue weighted by Gasteiger charge is -2.18. The Balaban J connectivity index is 1.53. The van der Waals surface area contributed by atoms with Gasteiger partial charge in [-0.25, -0.2) is 0 Å². The van der Waals surface area contributed by atoms with E-state index >= 15 is 0 Å². The average molecular weight is 398 g/mol. The summed E-state index contributed by atoms with van der Waals surface area (Å²) in [5.74, 6) is 2.47. The predicted molar refractivity (Wildman–Crippen MR) is 108 cm³/mol. The van der Waals surface area contributed by atoms with Gasteiger partial charge in [0.1, 0.15) is 6.04 Å². The van der Waals surface area contributed by atoms with Crippen molar-refractivity contribution >= 4 is 17.7 Å². The van der Waals surface area contributed by atoms with Crippen LogP contribution in [0.3, 0.4) is 0 Å². The molecular formula is C20H23N5O2S. The molecule has 146 valence electrons. The molecule has 28 heavy (non-hydrogen) atoms. The summed E-state index contributed by atoms with van der Waals surface area (Å²) in [5.41, 5.74) is 1.79. The van der Waals surface area contributed by atoms with Gasteiger partial charge in [-0.2, -0.15) is 16.7 Å². The standard InChI is InChI=1S/C20H23N5O2S/c1-14(2)18(20-24-19(25-27-20)15-6-5-9-21-12-15)23-17(26)8-11-28-13-16-7-3-4-10-22-16/h3-7,9-10,12,14,18H,8,11,13H2,1-2H3,(H,23,26). The maximum Gasteiger partial charge on any atom is 0.249 e. The highest BCUT2D eigenvalue weighted by molar-refractivity contribution is 7.98. The molecule has 0 radical (unpaired) electrons. The third-order valence-corrected chi connectivity index (χ3v) is 5.05. The van der Waals surface area contributed by atoms with Crippen molar-refractivity contribution in [1.29, 1.82) is 0 Å². The third kappa shape index (κ3) is 5.63. The van der Waals surface area contributed by atoms with E-state index in [1.54, 1.807) is 30.4 Å². The van der Waals surface area contributed by atoms with E-state index in [1.165, 1.54) is 0 Å². The molecule has 0 saturated heterocycles. The van der Waals surface area contributed by atoms with Crippen LogP contribution in [0, 0.1) is 5.92 Å². The Morgan fingerprint density at radius 1 is 1.21 bits per heavy atom. The van der Waals surface area contributed by atoms with Crippen molar-refractivity contribution < 1.29 is 9.32 Å². The summed E-state index contributed by atoms with van der Waals surface area (Å²) in [6.45, 7) is 4.02. The zero-order valence-electron chi connectivity index (χ0n) is 15.9. The van der Waals surface area contributed by atoms with Crippen molar-refractivity contribution in [3.05, 3.63) is 60.5 Å². The highest BCUT2D eigenvalue weighted by Crippen LogP contribution is 2.23. The highest BCUT2D eigenvalue weighted by Gasteiger charge is 2.24.